The molecule has 11 heteroatoms. The number of carbonyl (C=O) groups is 2. The lowest BCUT2D eigenvalue weighted by Gasteiger charge is -2.39. The van der Waals surface area contributed by atoms with Crippen molar-refractivity contribution in [1.82, 2.24) is 24.6 Å². The van der Waals surface area contributed by atoms with Gasteiger partial charge in [-0.25, -0.2) is 14.5 Å². The Morgan fingerprint density at radius 2 is 1.80 bits per heavy atom. The van der Waals surface area contributed by atoms with E-state index in [1.807, 2.05) is 64.4 Å². The fourth-order valence-corrected chi connectivity index (χ4v) is 6.22. The zero-order valence-corrected chi connectivity index (χ0v) is 27.3. The van der Waals surface area contributed by atoms with E-state index in [0.29, 0.717) is 37.0 Å². The summed E-state index contributed by atoms with van der Waals surface area (Å²) in [4.78, 5) is 36.6. The molecule has 45 heavy (non-hydrogen) atoms. The predicted octanol–water partition coefficient (Wildman–Crippen LogP) is 6.25. The highest BCUT2D eigenvalue weighted by atomic mass is 16.6. The van der Waals surface area contributed by atoms with Crippen molar-refractivity contribution in [3.63, 3.8) is 0 Å². The molecule has 0 bridgehead atoms. The fourth-order valence-electron chi connectivity index (χ4n) is 6.22. The molecule has 4 heterocycles. The largest absolute Gasteiger partial charge is 0.471 e. The van der Waals surface area contributed by atoms with Gasteiger partial charge in [0.05, 0.1) is 30.9 Å². The van der Waals surface area contributed by atoms with Crippen LogP contribution in [0.15, 0.2) is 30.6 Å². The molecule has 3 aliphatic rings. The fraction of sp³-hybridized carbons (Fsp3) is 0.618. The number of fused-ring (bicyclic) bond motifs is 1. The topological polar surface area (TPSA) is 118 Å². The van der Waals surface area contributed by atoms with Gasteiger partial charge in [0.2, 0.25) is 5.88 Å². The number of benzene rings is 1. The zero-order valence-electron chi connectivity index (χ0n) is 27.3. The van der Waals surface area contributed by atoms with Crippen LogP contribution in [0.4, 0.5) is 4.79 Å². The number of rotatable bonds is 6. The molecule has 1 aliphatic carbocycles. The summed E-state index contributed by atoms with van der Waals surface area (Å²) in [5.74, 6) is 0.0971. The minimum absolute atomic E-state index is 0.0410. The first-order valence-electron chi connectivity index (χ1n) is 16.1. The van der Waals surface area contributed by atoms with Gasteiger partial charge in [-0.1, -0.05) is 6.07 Å². The molecule has 3 aromatic rings. The van der Waals surface area contributed by atoms with Crippen LogP contribution >= 0.6 is 0 Å². The molecule has 2 unspecified atom stereocenters. The number of nitrogens with zero attached hydrogens (tertiary/aromatic N) is 5. The van der Waals surface area contributed by atoms with Crippen molar-refractivity contribution in [3.05, 3.63) is 36.2 Å². The van der Waals surface area contributed by atoms with Crippen LogP contribution in [0, 0.1) is 5.41 Å². The van der Waals surface area contributed by atoms with Crippen LogP contribution < -0.4 is 4.74 Å². The molecular weight excluding hydrogens is 574 g/mol. The molecular formula is C34H45N5O6. The Balaban J connectivity index is 1.29. The Morgan fingerprint density at radius 1 is 1.02 bits per heavy atom. The lowest BCUT2D eigenvalue weighted by atomic mass is 9.90. The van der Waals surface area contributed by atoms with Crippen LogP contribution in [-0.4, -0.2) is 73.7 Å². The third kappa shape index (κ3) is 7.24. The molecule has 1 aromatic carbocycles. The molecule has 2 atom stereocenters. The summed E-state index contributed by atoms with van der Waals surface area (Å²) in [6, 6.07) is 5.91. The van der Waals surface area contributed by atoms with E-state index in [2.05, 4.69) is 4.98 Å². The highest BCUT2D eigenvalue weighted by Crippen LogP contribution is 2.54. The Labute approximate surface area is 264 Å². The van der Waals surface area contributed by atoms with Crippen LogP contribution in [0.3, 0.4) is 0 Å². The van der Waals surface area contributed by atoms with E-state index in [0.717, 1.165) is 55.0 Å². The summed E-state index contributed by atoms with van der Waals surface area (Å²) in [6.45, 7) is 13.0. The van der Waals surface area contributed by atoms with Crippen molar-refractivity contribution in [3.8, 4) is 17.3 Å². The first-order valence-corrected chi connectivity index (χ1v) is 16.1. The van der Waals surface area contributed by atoms with E-state index in [9.17, 15) is 9.59 Å². The van der Waals surface area contributed by atoms with Gasteiger partial charge in [0, 0.05) is 24.0 Å². The van der Waals surface area contributed by atoms with Crippen LogP contribution in [-0.2, 0) is 25.4 Å². The van der Waals surface area contributed by atoms with Gasteiger partial charge in [0.25, 0.3) is 0 Å². The lowest BCUT2D eigenvalue weighted by Crippen LogP contribution is -2.51. The second-order valence-electron chi connectivity index (χ2n) is 14.6. The SMILES string of the molecule is CC(C)(C)OC(=O)Cc1ccc2c(c1)c(-c1cncc(OC3CN(C(=O)OC(C)(C)C)CCC34CC4)n1)nn2C1CCCCO1. The molecule has 2 aromatic heterocycles. The molecule has 1 amide bonds. The summed E-state index contributed by atoms with van der Waals surface area (Å²) >= 11 is 0. The maximum Gasteiger partial charge on any atom is 0.410 e. The van der Waals surface area contributed by atoms with Crippen molar-refractivity contribution in [2.45, 2.75) is 110 Å². The lowest BCUT2D eigenvalue weighted by molar-refractivity contribution is -0.153. The number of likely N-dealkylation sites (tertiary alicyclic amines) is 1. The Bertz CT molecular complexity index is 1560. The van der Waals surface area contributed by atoms with Gasteiger partial charge >= 0.3 is 12.1 Å². The van der Waals surface area contributed by atoms with E-state index in [1.54, 1.807) is 17.3 Å². The number of hydrogen-bond donors (Lipinski definition) is 0. The Hall–Kier alpha value is -3.73. The molecule has 0 radical (unpaired) electrons. The van der Waals surface area contributed by atoms with Crippen LogP contribution in [0.2, 0.25) is 0 Å². The maximum atomic E-state index is 12.9. The number of hydrogen-bond acceptors (Lipinski definition) is 9. The second kappa shape index (κ2) is 11.9. The first-order chi connectivity index (χ1) is 21.3. The Kier molecular flexibility index (Phi) is 8.26. The summed E-state index contributed by atoms with van der Waals surface area (Å²) in [5, 5.41) is 5.86. The summed E-state index contributed by atoms with van der Waals surface area (Å²) in [6.07, 6.45) is 8.65. The van der Waals surface area contributed by atoms with E-state index < -0.39 is 11.2 Å². The average Bonchev–Trinajstić information content (AvgIpc) is 3.64. The third-order valence-electron chi connectivity index (χ3n) is 8.58. The van der Waals surface area contributed by atoms with Crippen LogP contribution in [0.1, 0.15) is 91.9 Å². The standard InChI is InChI=1S/C34H45N5O6/c1-32(2,3)44-29(40)18-22-10-11-25-23(17-22)30(37-39(25)28-9-7-8-16-42-28)24-19-35-20-27(36-24)43-26-21-38(15-14-34(26)12-13-34)31(41)45-33(4,5)6/h10-11,17,19-20,26,28H,7-9,12-16,18,21H2,1-6H3. The summed E-state index contributed by atoms with van der Waals surface area (Å²) < 4.78 is 25.8. The van der Waals surface area contributed by atoms with Crippen molar-refractivity contribution in [2.75, 3.05) is 19.7 Å². The minimum atomic E-state index is -0.566. The van der Waals surface area contributed by atoms with E-state index in [-0.39, 0.29) is 36.2 Å². The molecule has 2 saturated heterocycles. The highest BCUT2D eigenvalue weighted by Gasteiger charge is 2.54. The van der Waals surface area contributed by atoms with Crippen molar-refractivity contribution in [1.29, 1.82) is 0 Å². The van der Waals surface area contributed by atoms with E-state index >= 15 is 0 Å². The summed E-state index contributed by atoms with van der Waals surface area (Å²) in [5.41, 5.74) is 1.84. The minimum Gasteiger partial charge on any atom is -0.471 e. The number of amides is 1. The molecule has 1 spiro atoms. The van der Waals surface area contributed by atoms with Crippen molar-refractivity contribution < 1.29 is 28.5 Å². The second-order valence-corrected chi connectivity index (χ2v) is 14.6. The smallest absolute Gasteiger partial charge is 0.410 e. The first kappa shape index (κ1) is 31.3. The molecule has 3 fully saturated rings. The van der Waals surface area contributed by atoms with E-state index in [1.165, 1.54) is 0 Å². The van der Waals surface area contributed by atoms with Crippen LogP contribution in [0.25, 0.3) is 22.3 Å². The molecule has 2 aliphatic heterocycles. The predicted molar refractivity (Wildman–Crippen MR) is 168 cm³/mol. The van der Waals surface area contributed by atoms with Crippen molar-refractivity contribution in [2.24, 2.45) is 5.41 Å². The zero-order chi connectivity index (χ0) is 32.0. The molecule has 242 valence electrons. The maximum absolute atomic E-state index is 12.9. The van der Waals surface area contributed by atoms with E-state index in [4.69, 9.17) is 29.0 Å². The monoisotopic (exact) mass is 619 g/mol. The number of carbonyl (C=O) groups excluding carboxylic acids is 2. The van der Waals surface area contributed by atoms with Crippen LogP contribution in [0.5, 0.6) is 5.88 Å². The number of ether oxygens (including phenoxy) is 4. The van der Waals surface area contributed by atoms with Gasteiger partial charge in [-0.15, -0.1) is 0 Å². The Morgan fingerprint density at radius 3 is 2.49 bits per heavy atom. The van der Waals surface area contributed by atoms with Gasteiger partial charge < -0.3 is 23.8 Å². The van der Waals surface area contributed by atoms with Gasteiger partial charge in [-0.2, -0.15) is 5.10 Å². The molecule has 0 N–H and O–H groups in total. The average molecular weight is 620 g/mol. The third-order valence-corrected chi connectivity index (χ3v) is 8.58. The number of aromatic nitrogens is 4. The summed E-state index contributed by atoms with van der Waals surface area (Å²) in [7, 11) is 0. The van der Waals surface area contributed by atoms with Gasteiger partial charge in [-0.05, 0) is 97.8 Å². The van der Waals surface area contributed by atoms with Gasteiger partial charge in [-0.3, -0.25) is 9.78 Å². The molecule has 1 saturated carbocycles. The normalized spacial score (nSPS) is 21.5. The number of piperidine rings is 1. The van der Waals surface area contributed by atoms with Crippen molar-refractivity contribution >= 4 is 23.0 Å². The van der Waals surface area contributed by atoms with Gasteiger partial charge in [0.1, 0.15) is 28.7 Å². The quantitative estimate of drug-likeness (QED) is 0.295. The number of esters is 1. The molecule has 6 rings (SSSR count). The van der Waals surface area contributed by atoms with Gasteiger partial charge in [0.15, 0.2) is 6.23 Å². The highest BCUT2D eigenvalue weighted by molar-refractivity contribution is 5.93. The molecule has 11 nitrogen and oxygen atoms in total.